The Bertz CT molecular complexity index is 829. The van der Waals surface area contributed by atoms with Crippen molar-refractivity contribution in [2.75, 3.05) is 31.2 Å². The van der Waals surface area contributed by atoms with Crippen LogP contribution >= 0.6 is 0 Å². The van der Waals surface area contributed by atoms with Crippen LogP contribution in [0.2, 0.25) is 0 Å². The summed E-state index contributed by atoms with van der Waals surface area (Å²) in [6.07, 6.45) is 7.18. The molecule has 150 valence electrons. The molecule has 3 aliphatic rings. The van der Waals surface area contributed by atoms with Crippen LogP contribution in [0.4, 0.5) is 5.95 Å². The number of nitrogens with zero attached hydrogens (tertiary/aromatic N) is 4. The monoisotopic (exact) mass is 384 g/mol. The van der Waals surface area contributed by atoms with Gasteiger partial charge in [-0.1, -0.05) is 37.8 Å². The molecular weight excluding hydrogens is 356 g/mol. The number of benzene rings is 1. The molecular formula is C21H28N4O3. The van der Waals surface area contributed by atoms with Gasteiger partial charge in [0.15, 0.2) is 23.4 Å². The first-order valence-electron chi connectivity index (χ1n) is 10.4. The van der Waals surface area contributed by atoms with E-state index in [0.717, 1.165) is 55.8 Å². The van der Waals surface area contributed by atoms with Crippen molar-refractivity contribution in [1.82, 2.24) is 14.8 Å². The number of fused-ring (bicyclic) bond motifs is 1. The first-order chi connectivity index (χ1) is 13.7. The number of morpholine rings is 1. The molecule has 2 aromatic rings. The summed E-state index contributed by atoms with van der Waals surface area (Å²) in [5.41, 5.74) is -0.0236. The summed E-state index contributed by atoms with van der Waals surface area (Å²) in [6.45, 7) is 2.93. The molecule has 1 saturated carbocycles. The van der Waals surface area contributed by atoms with Gasteiger partial charge in [-0.3, -0.25) is 4.57 Å². The van der Waals surface area contributed by atoms with Crippen LogP contribution < -0.4 is 14.4 Å². The van der Waals surface area contributed by atoms with Gasteiger partial charge in [0.25, 0.3) is 0 Å². The summed E-state index contributed by atoms with van der Waals surface area (Å²) in [5, 5.41) is 8.98. The number of para-hydroxylation sites is 2. The van der Waals surface area contributed by atoms with Crippen LogP contribution in [-0.4, -0.2) is 46.7 Å². The molecule has 3 heterocycles. The van der Waals surface area contributed by atoms with E-state index in [1.54, 1.807) is 0 Å². The molecule has 0 radical (unpaired) electrons. The molecule has 5 rings (SSSR count). The molecule has 1 aromatic heterocycles. The molecule has 7 heteroatoms. The van der Waals surface area contributed by atoms with E-state index in [4.69, 9.17) is 14.2 Å². The van der Waals surface area contributed by atoms with Crippen LogP contribution in [0.1, 0.15) is 50.5 Å². The van der Waals surface area contributed by atoms with Gasteiger partial charge in [0, 0.05) is 20.1 Å². The Hall–Kier alpha value is -2.28. The Morgan fingerprint density at radius 3 is 2.64 bits per heavy atom. The van der Waals surface area contributed by atoms with Crippen molar-refractivity contribution in [1.29, 1.82) is 0 Å². The second-order valence-corrected chi connectivity index (χ2v) is 8.15. The molecule has 1 aromatic carbocycles. The lowest BCUT2D eigenvalue weighted by Gasteiger charge is -2.42. The number of ether oxygens (including phenoxy) is 3. The van der Waals surface area contributed by atoms with Crippen molar-refractivity contribution in [2.24, 2.45) is 7.05 Å². The average Bonchev–Trinajstić information content (AvgIpc) is 2.97. The second-order valence-electron chi connectivity index (χ2n) is 8.15. The zero-order chi connectivity index (χ0) is 19.0. The largest absolute Gasteiger partial charge is 0.485 e. The SMILES string of the molecule is Cn1c(C2COc3ccccc3O2)nnc1N1CCOC2(CCCCCC2)C1. The molecule has 7 nitrogen and oxygen atoms in total. The molecule has 0 amide bonds. The van der Waals surface area contributed by atoms with Crippen LogP contribution in [0.15, 0.2) is 24.3 Å². The van der Waals surface area contributed by atoms with Gasteiger partial charge in [-0.2, -0.15) is 0 Å². The first-order valence-corrected chi connectivity index (χ1v) is 10.4. The summed E-state index contributed by atoms with van der Waals surface area (Å²) in [5.74, 6) is 3.23. The number of rotatable bonds is 2. The zero-order valence-corrected chi connectivity index (χ0v) is 16.5. The molecule has 1 aliphatic carbocycles. The molecule has 28 heavy (non-hydrogen) atoms. The predicted molar refractivity (Wildman–Crippen MR) is 105 cm³/mol. The number of anilines is 1. The van der Waals surface area contributed by atoms with Crippen LogP contribution in [0.3, 0.4) is 0 Å². The van der Waals surface area contributed by atoms with Crippen LogP contribution in [0.5, 0.6) is 11.5 Å². The van der Waals surface area contributed by atoms with Gasteiger partial charge in [0.1, 0.15) is 6.61 Å². The maximum atomic E-state index is 6.30. The molecule has 0 bridgehead atoms. The van der Waals surface area contributed by atoms with E-state index < -0.39 is 0 Å². The van der Waals surface area contributed by atoms with Crippen LogP contribution in [0.25, 0.3) is 0 Å². The van der Waals surface area contributed by atoms with Crippen molar-refractivity contribution >= 4 is 5.95 Å². The molecule has 0 N–H and O–H groups in total. The minimum Gasteiger partial charge on any atom is -0.485 e. The Morgan fingerprint density at radius 2 is 1.82 bits per heavy atom. The van der Waals surface area contributed by atoms with Gasteiger partial charge in [-0.05, 0) is 25.0 Å². The summed E-state index contributed by atoms with van der Waals surface area (Å²) in [6, 6.07) is 7.75. The maximum Gasteiger partial charge on any atom is 0.227 e. The van der Waals surface area contributed by atoms with Gasteiger partial charge in [-0.15, -0.1) is 10.2 Å². The molecule has 1 saturated heterocycles. The summed E-state index contributed by atoms with van der Waals surface area (Å²) in [4.78, 5) is 2.34. The number of hydrogen-bond acceptors (Lipinski definition) is 6. The highest BCUT2D eigenvalue weighted by atomic mass is 16.6. The molecule has 1 unspecified atom stereocenters. The van der Waals surface area contributed by atoms with Crippen molar-refractivity contribution < 1.29 is 14.2 Å². The second kappa shape index (κ2) is 7.28. The van der Waals surface area contributed by atoms with Crippen molar-refractivity contribution in [3.8, 4) is 11.5 Å². The molecule has 1 atom stereocenters. The van der Waals surface area contributed by atoms with Crippen LogP contribution in [0, 0.1) is 0 Å². The van der Waals surface area contributed by atoms with E-state index >= 15 is 0 Å². The number of hydrogen-bond donors (Lipinski definition) is 0. The third-order valence-electron chi connectivity index (χ3n) is 6.23. The lowest BCUT2D eigenvalue weighted by molar-refractivity contribution is -0.0657. The van der Waals surface area contributed by atoms with E-state index in [1.807, 2.05) is 31.3 Å². The van der Waals surface area contributed by atoms with Gasteiger partial charge >= 0.3 is 0 Å². The highest BCUT2D eigenvalue weighted by Gasteiger charge is 2.39. The van der Waals surface area contributed by atoms with Crippen molar-refractivity contribution in [3.63, 3.8) is 0 Å². The fraction of sp³-hybridized carbons (Fsp3) is 0.619. The third-order valence-corrected chi connectivity index (χ3v) is 6.23. The average molecular weight is 384 g/mol. The van der Waals surface area contributed by atoms with Crippen LogP contribution in [-0.2, 0) is 11.8 Å². The quantitative estimate of drug-likeness (QED) is 0.792. The fourth-order valence-electron chi connectivity index (χ4n) is 4.73. The topological polar surface area (TPSA) is 61.6 Å². The summed E-state index contributed by atoms with van der Waals surface area (Å²) in [7, 11) is 2.02. The van der Waals surface area contributed by atoms with E-state index in [-0.39, 0.29) is 11.7 Å². The number of aromatic nitrogens is 3. The summed E-state index contributed by atoms with van der Waals surface area (Å²) < 4.78 is 20.3. The minimum absolute atomic E-state index is 0.0236. The zero-order valence-electron chi connectivity index (χ0n) is 16.5. The van der Waals surface area contributed by atoms with Gasteiger partial charge in [-0.25, -0.2) is 0 Å². The van der Waals surface area contributed by atoms with Gasteiger partial charge in [0.05, 0.1) is 12.2 Å². The maximum absolute atomic E-state index is 6.30. The van der Waals surface area contributed by atoms with Crippen molar-refractivity contribution in [3.05, 3.63) is 30.1 Å². The third kappa shape index (κ3) is 3.21. The molecule has 2 fully saturated rings. The Labute approximate surface area is 165 Å². The Kier molecular flexibility index (Phi) is 4.62. The van der Waals surface area contributed by atoms with Gasteiger partial charge < -0.3 is 19.1 Å². The first kappa shape index (κ1) is 17.8. The highest BCUT2D eigenvalue weighted by Crippen LogP contribution is 2.37. The Balaban J connectivity index is 1.35. The van der Waals surface area contributed by atoms with E-state index in [9.17, 15) is 0 Å². The smallest absolute Gasteiger partial charge is 0.227 e. The van der Waals surface area contributed by atoms with Crippen molar-refractivity contribution in [2.45, 2.75) is 50.2 Å². The van der Waals surface area contributed by atoms with E-state index in [0.29, 0.717) is 6.61 Å². The van der Waals surface area contributed by atoms with E-state index in [2.05, 4.69) is 19.7 Å². The lowest BCUT2D eigenvalue weighted by atomic mass is 9.92. The predicted octanol–water partition coefficient (Wildman–Crippen LogP) is 3.26. The highest BCUT2D eigenvalue weighted by molar-refractivity contribution is 5.41. The summed E-state index contributed by atoms with van der Waals surface area (Å²) >= 11 is 0. The van der Waals surface area contributed by atoms with E-state index in [1.165, 1.54) is 25.7 Å². The molecule has 2 aliphatic heterocycles. The van der Waals surface area contributed by atoms with Gasteiger partial charge in [0.2, 0.25) is 5.95 Å². The lowest BCUT2D eigenvalue weighted by Crippen LogP contribution is -2.52. The standard InChI is InChI=1S/C21H28N4O3/c1-24-19(18-14-26-16-8-4-5-9-17(16)28-18)22-23-20(24)25-12-13-27-21(15-25)10-6-2-3-7-11-21/h4-5,8-9,18H,2-3,6-7,10-15H2,1H3. The minimum atomic E-state index is -0.256. The Morgan fingerprint density at radius 1 is 1.04 bits per heavy atom. The molecule has 1 spiro atoms. The normalized spacial score (nSPS) is 24.2. The fourth-order valence-corrected chi connectivity index (χ4v) is 4.73.